The predicted octanol–water partition coefficient (Wildman–Crippen LogP) is 3.53. The van der Waals surface area contributed by atoms with Gasteiger partial charge in [0.1, 0.15) is 6.54 Å². The molecule has 1 aromatic rings. The third kappa shape index (κ3) is 4.98. The Morgan fingerprint density at radius 1 is 1.28 bits per heavy atom. The Bertz CT molecular complexity index is 360. The minimum atomic E-state index is 0.461. The highest BCUT2D eigenvalue weighted by Crippen LogP contribution is 2.06. The summed E-state index contributed by atoms with van der Waals surface area (Å²) < 4.78 is 0. The standard InChI is InChI=1S/C15H23N2O/c1-4-5-11-17(18)15(16-12-13(2)3)14-9-7-6-8-10-14/h6-10,13H,4-5,11-12H2,1-3H3. The summed E-state index contributed by atoms with van der Waals surface area (Å²) in [7, 11) is 0. The van der Waals surface area contributed by atoms with Crippen molar-refractivity contribution in [3.8, 4) is 0 Å². The number of hydrogen-bond donors (Lipinski definition) is 0. The number of aliphatic imine (C=N–C) groups is 1. The molecule has 1 aromatic carbocycles. The number of hydrogen-bond acceptors (Lipinski definition) is 2. The van der Waals surface area contributed by atoms with Crippen molar-refractivity contribution in [2.45, 2.75) is 33.6 Å². The van der Waals surface area contributed by atoms with Crippen molar-refractivity contribution in [1.82, 2.24) is 5.06 Å². The van der Waals surface area contributed by atoms with Crippen molar-refractivity contribution in [3.63, 3.8) is 0 Å². The van der Waals surface area contributed by atoms with Crippen LogP contribution >= 0.6 is 0 Å². The van der Waals surface area contributed by atoms with Crippen LogP contribution in [-0.4, -0.2) is 18.9 Å². The Morgan fingerprint density at radius 3 is 2.50 bits per heavy atom. The molecule has 0 spiro atoms. The molecular weight excluding hydrogens is 224 g/mol. The SMILES string of the molecule is CCCC[N+]([O-])C(=NCC(C)C)c1ccccc1. The van der Waals surface area contributed by atoms with Crippen molar-refractivity contribution >= 4 is 5.84 Å². The van der Waals surface area contributed by atoms with Crippen LogP contribution in [0.3, 0.4) is 0 Å². The second-order valence-electron chi connectivity index (χ2n) is 4.88. The van der Waals surface area contributed by atoms with Crippen molar-refractivity contribution in [2.24, 2.45) is 10.9 Å². The summed E-state index contributed by atoms with van der Waals surface area (Å²) in [6.07, 6.45) is 1.92. The second-order valence-corrected chi connectivity index (χ2v) is 4.88. The molecule has 0 heterocycles. The third-order valence-corrected chi connectivity index (χ3v) is 2.59. The summed E-state index contributed by atoms with van der Waals surface area (Å²) in [4.78, 5) is 4.48. The molecule has 1 rings (SSSR count). The fourth-order valence-electron chi connectivity index (χ4n) is 1.58. The van der Waals surface area contributed by atoms with Gasteiger partial charge in [-0.3, -0.25) is 0 Å². The van der Waals surface area contributed by atoms with Crippen LogP contribution in [0.15, 0.2) is 35.3 Å². The minimum Gasteiger partial charge on any atom is -0.575 e. The second kappa shape index (κ2) is 8.01. The Hall–Kier alpha value is -1.19. The fourth-order valence-corrected chi connectivity index (χ4v) is 1.58. The molecular formula is C15H23N2O. The first-order valence-corrected chi connectivity index (χ1v) is 6.69. The average molecular weight is 247 g/mol. The number of benzene rings is 1. The third-order valence-electron chi connectivity index (χ3n) is 2.59. The van der Waals surface area contributed by atoms with Gasteiger partial charge in [0, 0.05) is 13.0 Å². The number of rotatable bonds is 6. The zero-order chi connectivity index (χ0) is 13.4. The molecule has 0 bridgehead atoms. The maximum absolute atomic E-state index is 12.1. The van der Waals surface area contributed by atoms with E-state index in [0.717, 1.165) is 23.5 Å². The molecule has 0 N–H and O–H groups in total. The zero-order valence-corrected chi connectivity index (χ0v) is 11.6. The van der Waals surface area contributed by atoms with Gasteiger partial charge in [0.25, 0.3) is 5.84 Å². The van der Waals surface area contributed by atoms with Crippen LogP contribution in [0.25, 0.3) is 0 Å². The first kappa shape index (κ1) is 14.9. The number of unbranched alkanes of at least 4 members (excludes halogenated alkanes) is 1. The zero-order valence-electron chi connectivity index (χ0n) is 11.6. The molecule has 0 unspecified atom stereocenters. The van der Waals surface area contributed by atoms with Crippen molar-refractivity contribution in [1.29, 1.82) is 0 Å². The molecule has 0 aliphatic heterocycles. The van der Waals surface area contributed by atoms with E-state index in [2.05, 4.69) is 25.8 Å². The molecule has 0 fully saturated rings. The highest BCUT2D eigenvalue weighted by Gasteiger charge is 2.16. The van der Waals surface area contributed by atoms with Gasteiger partial charge in [-0.05, 0) is 18.1 Å². The van der Waals surface area contributed by atoms with Gasteiger partial charge in [0.15, 0.2) is 0 Å². The quantitative estimate of drug-likeness (QED) is 0.328. The lowest BCUT2D eigenvalue weighted by Gasteiger charge is -2.15. The summed E-state index contributed by atoms with van der Waals surface area (Å²) in [5.74, 6) is 1.03. The van der Waals surface area contributed by atoms with Gasteiger partial charge in [-0.25, -0.2) is 4.99 Å². The van der Waals surface area contributed by atoms with Gasteiger partial charge in [-0.2, -0.15) is 0 Å². The number of nitrogens with zero attached hydrogens (tertiary/aromatic N) is 2. The summed E-state index contributed by atoms with van der Waals surface area (Å²) in [6.45, 7) is 7.50. The van der Waals surface area contributed by atoms with Crippen LogP contribution in [0.4, 0.5) is 0 Å². The highest BCUT2D eigenvalue weighted by atomic mass is 16.5. The van der Waals surface area contributed by atoms with Crippen LogP contribution in [-0.2, 0) is 0 Å². The minimum absolute atomic E-state index is 0.461. The lowest BCUT2D eigenvalue weighted by Crippen LogP contribution is -2.33. The van der Waals surface area contributed by atoms with E-state index in [9.17, 15) is 5.21 Å². The molecule has 0 saturated carbocycles. The first-order valence-electron chi connectivity index (χ1n) is 6.69. The van der Waals surface area contributed by atoms with Crippen LogP contribution in [0.1, 0.15) is 39.2 Å². The van der Waals surface area contributed by atoms with Gasteiger partial charge in [0.05, 0.1) is 5.56 Å². The monoisotopic (exact) mass is 247 g/mol. The number of amidine groups is 1. The van der Waals surface area contributed by atoms with E-state index in [4.69, 9.17) is 0 Å². The van der Waals surface area contributed by atoms with E-state index in [1.165, 1.54) is 0 Å². The normalized spacial score (nSPS) is 12.4. The maximum Gasteiger partial charge on any atom is 0.279 e. The van der Waals surface area contributed by atoms with E-state index in [1.54, 1.807) is 0 Å². The van der Waals surface area contributed by atoms with E-state index >= 15 is 0 Å². The van der Waals surface area contributed by atoms with Crippen LogP contribution in [0.5, 0.6) is 0 Å². The summed E-state index contributed by atoms with van der Waals surface area (Å²) in [5.41, 5.74) is 0.907. The Morgan fingerprint density at radius 2 is 1.94 bits per heavy atom. The molecule has 3 nitrogen and oxygen atoms in total. The van der Waals surface area contributed by atoms with Crippen LogP contribution in [0.2, 0.25) is 0 Å². The Labute approximate surface area is 110 Å². The first-order chi connectivity index (χ1) is 8.65. The average Bonchev–Trinajstić information content (AvgIpc) is 2.37. The fraction of sp³-hybridized carbons (Fsp3) is 0.533. The van der Waals surface area contributed by atoms with E-state index in [-0.39, 0.29) is 0 Å². The van der Waals surface area contributed by atoms with Gasteiger partial charge in [-0.15, -0.1) is 5.06 Å². The summed E-state index contributed by atoms with van der Waals surface area (Å²) >= 11 is 0. The van der Waals surface area contributed by atoms with E-state index in [0.29, 0.717) is 24.8 Å². The van der Waals surface area contributed by atoms with Gasteiger partial charge >= 0.3 is 0 Å². The van der Waals surface area contributed by atoms with Gasteiger partial charge in [-0.1, -0.05) is 45.4 Å². The summed E-state index contributed by atoms with van der Waals surface area (Å²) in [5, 5.41) is 13.1. The molecule has 0 atom stereocenters. The maximum atomic E-state index is 12.1. The largest absolute Gasteiger partial charge is 0.575 e. The summed E-state index contributed by atoms with van der Waals surface area (Å²) in [6, 6.07) is 9.71. The van der Waals surface area contributed by atoms with Crippen molar-refractivity contribution in [3.05, 3.63) is 41.1 Å². The Balaban J connectivity index is 2.85. The van der Waals surface area contributed by atoms with Gasteiger partial charge < -0.3 is 5.21 Å². The molecule has 0 aliphatic carbocycles. The smallest absolute Gasteiger partial charge is 0.279 e. The topological polar surface area (TPSA) is 41.3 Å². The highest BCUT2D eigenvalue weighted by molar-refractivity contribution is 6.00. The van der Waals surface area contributed by atoms with Gasteiger partial charge in [0.2, 0.25) is 0 Å². The lowest BCUT2D eigenvalue weighted by atomic mass is 10.2. The molecule has 99 valence electrons. The Kier molecular flexibility index (Phi) is 6.61. The van der Waals surface area contributed by atoms with Crippen LogP contribution in [0, 0.1) is 11.1 Å². The lowest BCUT2D eigenvalue weighted by molar-refractivity contribution is 0.628. The molecule has 0 aromatic heterocycles. The van der Waals surface area contributed by atoms with Crippen molar-refractivity contribution in [2.75, 3.05) is 13.1 Å². The van der Waals surface area contributed by atoms with Crippen molar-refractivity contribution < 1.29 is 0 Å². The molecule has 0 saturated heterocycles. The predicted molar refractivity (Wildman–Crippen MR) is 78.0 cm³/mol. The molecule has 1 radical (unpaired) electrons. The number of hydroxylamine groups is 2. The van der Waals surface area contributed by atoms with E-state index in [1.807, 2.05) is 30.3 Å². The molecule has 3 heteroatoms. The molecule has 18 heavy (non-hydrogen) atoms. The molecule has 0 aliphatic rings. The molecule has 0 amide bonds. The van der Waals surface area contributed by atoms with Crippen LogP contribution < -0.4 is 5.06 Å². The van der Waals surface area contributed by atoms with E-state index < -0.39 is 0 Å².